The lowest BCUT2D eigenvalue weighted by atomic mass is 10.1. The molecule has 4 nitrogen and oxygen atoms in total. The molecule has 0 radical (unpaired) electrons. The van der Waals surface area contributed by atoms with Crippen LogP contribution in [0.15, 0.2) is 78.9 Å². The molecule has 0 saturated carbocycles. The van der Waals surface area contributed by atoms with E-state index in [0.717, 1.165) is 0 Å². The quantitative estimate of drug-likeness (QED) is 0.630. The molecular weight excluding hydrogens is 369 g/mol. The van der Waals surface area contributed by atoms with Crippen LogP contribution in [0.25, 0.3) is 0 Å². The van der Waals surface area contributed by atoms with Gasteiger partial charge in [-0.05, 0) is 48.5 Å². The van der Waals surface area contributed by atoms with Crippen molar-refractivity contribution in [3.05, 3.63) is 101 Å². The van der Waals surface area contributed by atoms with E-state index in [1.807, 2.05) is 0 Å². The van der Waals surface area contributed by atoms with E-state index in [0.29, 0.717) is 16.3 Å². The van der Waals surface area contributed by atoms with Crippen LogP contribution in [0.4, 0.5) is 10.1 Å². The Kier molecular flexibility index (Phi) is 5.84. The summed E-state index contributed by atoms with van der Waals surface area (Å²) >= 11 is 5.83. The molecule has 3 rings (SSSR count). The number of rotatable bonds is 5. The van der Waals surface area contributed by atoms with E-state index in [1.165, 1.54) is 36.4 Å². The summed E-state index contributed by atoms with van der Waals surface area (Å²) in [5.41, 5.74) is 1.18. The minimum absolute atomic E-state index is 0.273. The van der Waals surface area contributed by atoms with Crippen LogP contribution in [0, 0.1) is 5.82 Å². The molecule has 3 aromatic carbocycles. The number of carbonyl (C=O) groups excluding carboxylic acids is 2. The minimum Gasteiger partial charge on any atom is -0.444 e. The van der Waals surface area contributed by atoms with Gasteiger partial charge in [0.15, 0.2) is 0 Å². The summed E-state index contributed by atoms with van der Waals surface area (Å²) in [5.74, 6) is -1.62. The molecule has 3 aromatic rings. The predicted molar refractivity (Wildman–Crippen MR) is 101 cm³/mol. The van der Waals surface area contributed by atoms with Crippen molar-refractivity contribution in [2.24, 2.45) is 0 Å². The third-order valence-corrected chi connectivity index (χ3v) is 4.01. The van der Waals surface area contributed by atoms with Crippen LogP contribution in [-0.4, -0.2) is 11.9 Å². The molecular formula is C21H15ClFNO3. The molecule has 0 aromatic heterocycles. The van der Waals surface area contributed by atoms with Crippen LogP contribution in [-0.2, 0) is 9.53 Å². The number of halogens is 2. The topological polar surface area (TPSA) is 55.4 Å². The van der Waals surface area contributed by atoms with E-state index in [4.69, 9.17) is 16.3 Å². The number of amides is 1. The Labute approximate surface area is 160 Å². The van der Waals surface area contributed by atoms with Gasteiger partial charge in [-0.25, -0.2) is 9.18 Å². The maximum absolute atomic E-state index is 13.0. The number of ether oxygens (including phenoxy) is 1. The van der Waals surface area contributed by atoms with Gasteiger partial charge in [0.25, 0.3) is 5.91 Å². The highest BCUT2D eigenvalue weighted by Gasteiger charge is 2.25. The average Bonchev–Trinajstić information content (AvgIpc) is 2.69. The normalized spacial score (nSPS) is 11.5. The first-order valence-electron chi connectivity index (χ1n) is 8.11. The van der Waals surface area contributed by atoms with E-state index in [9.17, 15) is 14.0 Å². The molecule has 0 bridgehead atoms. The Balaban J connectivity index is 1.82. The maximum atomic E-state index is 13.0. The summed E-state index contributed by atoms with van der Waals surface area (Å²) in [6.45, 7) is 0. The molecule has 0 aliphatic rings. The number of hydrogen-bond acceptors (Lipinski definition) is 3. The molecule has 1 amide bonds. The van der Waals surface area contributed by atoms with Crippen molar-refractivity contribution in [3.8, 4) is 0 Å². The first kappa shape index (κ1) is 18.6. The number of benzene rings is 3. The van der Waals surface area contributed by atoms with Crippen molar-refractivity contribution in [2.45, 2.75) is 6.10 Å². The van der Waals surface area contributed by atoms with E-state index >= 15 is 0 Å². The van der Waals surface area contributed by atoms with Crippen LogP contribution in [0.1, 0.15) is 22.0 Å². The number of nitrogens with one attached hydrogen (secondary N) is 1. The van der Waals surface area contributed by atoms with E-state index in [-0.39, 0.29) is 5.56 Å². The molecule has 0 heterocycles. The van der Waals surface area contributed by atoms with E-state index in [2.05, 4.69) is 5.32 Å². The van der Waals surface area contributed by atoms with Crippen LogP contribution in [0.2, 0.25) is 5.02 Å². The van der Waals surface area contributed by atoms with Crippen LogP contribution in [0.3, 0.4) is 0 Å². The molecule has 6 heteroatoms. The fourth-order valence-electron chi connectivity index (χ4n) is 2.40. The minimum atomic E-state index is -1.17. The molecule has 1 N–H and O–H groups in total. The van der Waals surface area contributed by atoms with Gasteiger partial charge in [-0.2, -0.15) is 0 Å². The van der Waals surface area contributed by atoms with Gasteiger partial charge in [0.2, 0.25) is 6.10 Å². The monoisotopic (exact) mass is 383 g/mol. The second-order valence-corrected chi connectivity index (χ2v) is 6.14. The van der Waals surface area contributed by atoms with Gasteiger partial charge >= 0.3 is 5.97 Å². The van der Waals surface area contributed by atoms with Crippen LogP contribution < -0.4 is 5.32 Å². The third-order valence-electron chi connectivity index (χ3n) is 3.76. The van der Waals surface area contributed by atoms with E-state index in [1.54, 1.807) is 42.5 Å². The molecule has 136 valence electrons. The molecule has 0 unspecified atom stereocenters. The Morgan fingerprint density at radius 2 is 1.52 bits per heavy atom. The lowest BCUT2D eigenvalue weighted by Gasteiger charge is -2.18. The van der Waals surface area contributed by atoms with Gasteiger partial charge in [-0.1, -0.05) is 41.9 Å². The van der Waals surface area contributed by atoms with Gasteiger partial charge in [-0.3, -0.25) is 4.79 Å². The van der Waals surface area contributed by atoms with Crippen molar-refractivity contribution in [1.29, 1.82) is 0 Å². The van der Waals surface area contributed by atoms with Gasteiger partial charge in [0.05, 0.1) is 5.56 Å². The highest BCUT2D eigenvalue weighted by Crippen LogP contribution is 2.22. The summed E-state index contributed by atoms with van der Waals surface area (Å²) in [7, 11) is 0. The molecule has 27 heavy (non-hydrogen) atoms. The standard InChI is InChI=1S/C21H15ClFNO3/c22-16-8-6-15(7-9-16)21(26)27-19(14-4-2-1-3-5-14)20(25)24-18-12-10-17(23)11-13-18/h1-13,19H,(H,24,25)/t19-/m1/s1. The third kappa shape index (κ3) is 4.92. The zero-order valence-corrected chi connectivity index (χ0v) is 14.8. The number of hydrogen-bond donors (Lipinski definition) is 1. The Morgan fingerprint density at radius 1 is 0.889 bits per heavy atom. The first-order chi connectivity index (χ1) is 13.0. The van der Waals surface area contributed by atoms with Crippen molar-refractivity contribution < 1.29 is 18.7 Å². The Morgan fingerprint density at radius 3 is 2.15 bits per heavy atom. The Bertz CT molecular complexity index is 928. The van der Waals surface area contributed by atoms with Crippen molar-refractivity contribution in [2.75, 3.05) is 5.32 Å². The first-order valence-corrected chi connectivity index (χ1v) is 8.48. The molecule has 0 saturated heterocycles. The second-order valence-electron chi connectivity index (χ2n) is 5.70. The zero-order valence-electron chi connectivity index (χ0n) is 14.1. The van der Waals surface area contributed by atoms with Gasteiger partial charge < -0.3 is 10.1 Å². The summed E-state index contributed by atoms with van der Waals surface area (Å²) in [6, 6.07) is 20.1. The van der Waals surface area contributed by atoms with Gasteiger partial charge in [-0.15, -0.1) is 0 Å². The average molecular weight is 384 g/mol. The molecule has 0 fully saturated rings. The van der Waals surface area contributed by atoms with Crippen molar-refractivity contribution >= 4 is 29.2 Å². The highest BCUT2D eigenvalue weighted by molar-refractivity contribution is 6.30. The van der Waals surface area contributed by atoms with Crippen LogP contribution >= 0.6 is 11.6 Å². The highest BCUT2D eigenvalue weighted by atomic mass is 35.5. The molecule has 1 atom stereocenters. The summed E-state index contributed by atoms with van der Waals surface area (Å²) in [6.07, 6.45) is -1.17. The zero-order chi connectivity index (χ0) is 19.2. The van der Waals surface area contributed by atoms with E-state index < -0.39 is 23.8 Å². The maximum Gasteiger partial charge on any atom is 0.339 e. The van der Waals surface area contributed by atoms with Crippen LogP contribution in [0.5, 0.6) is 0 Å². The summed E-state index contributed by atoms with van der Waals surface area (Å²) in [5, 5.41) is 3.12. The number of esters is 1. The fourth-order valence-corrected chi connectivity index (χ4v) is 2.53. The lowest BCUT2D eigenvalue weighted by molar-refractivity contribution is -0.125. The molecule has 0 spiro atoms. The van der Waals surface area contributed by atoms with Crippen molar-refractivity contribution in [1.82, 2.24) is 0 Å². The lowest BCUT2D eigenvalue weighted by Crippen LogP contribution is -2.26. The summed E-state index contributed by atoms with van der Waals surface area (Å²) in [4.78, 5) is 25.2. The largest absolute Gasteiger partial charge is 0.444 e. The van der Waals surface area contributed by atoms with Gasteiger partial charge in [0, 0.05) is 16.3 Å². The smallest absolute Gasteiger partial charge is 0.339 e. The second kappa shape index (κ2) is 8.47. The summed E-state index contributed by atoms with van der Waals surface area (Å²) < 4.78 is 18.5. The predicted octanol–water partition coefficient (Wildman–Crippen LogP) is 5.02. The number of anilines is 1. The van der Waals surface area contributed by atoms with Crippen molar-refractivity contribution in [3.63, 3.8) is 0 Å². The number of carbonyl (C=O) groups is 2. The molecule has 0 aliphatic carbocycles. The SMILES string of the molecule is O=C(O[C@@H](C(=O)Nc1ccc(F)cc1)c1ccccc1)c1ccc(Cl)cc1. The Hall–Kier alpha value is -3.18. The fraction of sp³-hybridized carbons (Fsp3) is 0.0476. The molecule has 0 aliphatic heterocycles. The van der Waals surface area contributed by atoms with Gasteiger partial charge in [0.1, 0.15) is 5.82 Å².